The van der Waals surface area contributed by atoms with Crippen molar-refractivity contribution in [3.05, 3.63) is 89.2 Å². The van der Waals surface area contributed by atoms with Gasteiger partial charge in [-0.3, -0.25) is 0 Å². The third-order valence-corrected chi connectivity index (χ3v) is 5.72. The van der Waals surface area contributed by atoms with Crippen LogP contribution in [0, 0.1) is 17.1 Å². The third-order valence-electron chi connectivity index (χ3n) is 5.72. The zero-order chi connectivity index (χ0) is 26.5. The van der Waals surface area contributed by atoms with Crippen LogP contribution < -0.4 is 16.2 Å². The third kappa shape index (κ3) is 9.34. The zero-order valence-electron chi connectivity index (χ0n) is 20.8. The first kappa shape index (κ1) is 27.3. The normalized spacial score (nSPS) is 11.1. The first-order valence-corrected chi connectivity index (χ1v) is 12.4. The second-order valence-electron chi connectivity index (χ2n) is 8.74. The molecule has 192 valence electrons. The van der Waals surface area contributed by atoms with E-state index in [2.05, 4.69) is 6.07 Å². The summed E-state index contributed by atoms with van der Waals surface area (Å²) in [6.45, 7) is 0.996. The number of nitriles is 1. The molecular formula is C30H32FN3O3. The van der Waals surface area contributed by atoms with Gasteiger partial charge in [0, 0.05) is 11.4 Å². The number of anilines is 2. The van der Waals surface area contributed by atoms with Crippen molar-refractivity contribution in [3.8, 4) is 11.8 Å². The molecule has 0 aromatic heterocycles. The van der Waals surface area contributed by atoms with Gasteiger partial charge in [-0.2, -0.15) is 5.26 Å². The molecule has 0 heterocycles. The Hall–Kier alpha value is -4.31. The van der Waals surface area contributed by atoms with Crippen LogP contribution >= 0.6 is 0 Å². The quantitative estimate of drug-likeness (QED) is 0.0894. The van der Waals surface area contributed by atoms with Crippen molar-refractivity contribution in [3.63, 3.8) is 0 Å². The van der Waals surface area contributed by atoms with Crippen molar-refractivity contribution in [2.24, 2.45) is 0 Å². The molecule has 0 unspecified atom stereocenters. The lowest BCUT2D eigenvalue weighted by atomic mass is 10.0. The number of rotatable bonds is 13. The molecule has 0 amide bonds. The van der Waals surface area contributed by atoms with Gasteiger partial charge >= 0.3 is 5.97 Å². The lowest BCUT2D eigenvalue weighted by molar-refractivity contribution is 0.0497. The minimum atomic E-state index is -0.406. The van der Waals surface area contributed by atoms with E-state index in [9.17, 15) is 14.4 Å². The molecule has 0 aliphatic heterocycles. The summed E-state index contributed by atoms with van der Waals surface area (Å²) in [5.41, 5.74) is 14.7. The van der Waals surface area contributed by atoms with E-state index in [1.54, 1.807) is 36.4 Å². The number of nitrogens with zero attached hydrogens (tertiary/aromatic N) is 1. The Morgan fingerprint density at radius 1 is 0.811 bits per heavy atom. The number of nitrogen functional groups attached to an aromatic ring is 2. The van der Waals surface area contributed by atoms with Crippen molar-refractivity contribution < 1.29 is 18.7 Å². The van der Waals surface area contributed by atoms with Gasteiger partial charge in [0.15, 0.2) is 0 Å². The molecule has 0 bridgehead atoms. The Balaban J connectivity index is 1.27. The van der Waals surface area contributed by atoms with Gasteiger partial charge in [0.2, 0.25) is 0 Å². The highest BCUT2D eigenvalue weighted by atomic mass is 19.1. The monoisotopic (exact) mass is 501 g/mol. The van der Waals surface area contributed by atoms with Crippen molar-refractivity contribution >= 4 is 29.0 Å². The molecule has 0 aliphatic carbocycles. The van der Waals surface area contributed by atoms with Gasteiger partial charge in [-0.1, -0.05) is 37.8 Å². The fraction of sp³-hybridized carbons (Fsp3) is 0.267. The highest BCUT2D eigenvalue weighted by Crippen LogP contribution is 2.21. The average molecular weight is 502 g/mol. The largest absolute Gasteiger partial charge is 0.494 e. The number of hydrogen-bond donors (Lipinski definition) is 2. The maximum absolute atomic E-state index is 13.1. The van der Waals surface area contributed by atoms with E-state index in [1.165, 1.54) is 12.1 Å². The second-order valence-corrected chi connectivity index (χ2v) is 8.74. The van der Waals surface area contributed by atoms with E-state index < -0.39 is 5.97 Å². The molecule has 0 atom stereocenters. The fourth-order valence-electron chi connectivity index (χ4n) is 3.78. The van der Waals surface area contributed by atoms with Gasteiger partial charge in [-0.25, -0.2) is 9.18 Å². The van der Waals surface area contributed by atoms with Gasteiger partial charge < -0.3 is 20.9 Å². The number of allylic oxidation sites excluding steroid dienone is 1. The van der Waals surface area contributed by atoms with Crippen LogP contribution in [0.15, 0.2) is 66.7 Å². The van der Waals surface area contributed by atoms with Crippen LogP contribution in [0.4, 0.5) is 15.8 Å². The molecule has 0 spiro atoms. The van der Waals surface area contributed by atoms with Crippen molar-refractivity contribution in [1.82, 2.24) is 0 Å². The number of benzene rings is 3. The number of carbonyl (C=O) groups is 1. The van der Waals surface area contributed by atoms with E-state index in [-0.39, 0.29) is 5.82 Å². The van der Waals surface area contributed by atoms with Gasteiger partial charge in [0.1, 0.15) is 11.6 Å². The Kier molecular flexibility index (Phi) is 10.5. The van der Waals surface area contributed by atoms with Crippen LogP contribution in [0.2, 0.25) is 0 Å². The van der Waals surface area contributed by atoms with E-state index in [0.717, 1.165) is 55.4 Å². The summed E-state index contributed by atoms with van der Waals surface area (Å²) >= 11 is 0. The number of esters is 1. The molecule has 4 N–H and O–H groups in total. The molecule has 3 aromatic rings. The maximum Gasteiger partial charge on any atom is 0.338 e. The van der Waals surface area contributed by atoms with E-state index in [4.69, 9.17) is 20.9 Å². The zero-order valence-corrected chi connectivity index (χ0v) is 20.8. The average Bonchev–Trinajstić information content (AvgIpc) is 2.89. The van der Waals surface area contributed by atoms with Crippen LogP contribution in [-0.4, -0.2) is 19.2 Å². The van der Waals surface area contributed by atoms with Gasteiger partial charge in [0.05, 0.1) is 30.4 Å². The summed E-state index contributed by atoms with van der Waals surface area (Å²) < 4.78 is 24.2. The van der Waals surface area contributed by atoms with E-state index in [0.29, 0.717) is 35.7 Å². The predicted octanol–water partition coefficient (Wildman–Crippen LogP) is 6.63. The maximum atomic E-state index is 13.1. The van der Waals surface area contributed by atoms with Gasteiger partial charge in [-0.05, 0) is 84.6 Å². The molecule has 0 aliphatic rings. The lowest BCUT2D eigenvalue weighted by Crippen LogP contribution is -2.07. The number of hydrogen-bond acceptors (Lipinski definition) is 6. The Morgan fingerprint density at radius 3 is 2.03 bits per heavy atom. The molecular weight excluding hydrogens is 469 g/mol. The van der Waals surface area contributed by atoms with E-state index >= 15 is 0 Å². The topological polar surface area (TPSA) is 111 Å². The fourth-order valence-corrected chi connectivity index (χ4v) is 3.78. The number of halogens is 1. The summed E-state index contributed by atoms with van der Waals surface area (Å²) in [5.74, 6) is 0.0423. The van der Waals surface area contributed by atoms with Crippen molar-refractivity contribution in [1.29, 1.82) is 5.26 Å². The van der Waals surface area contributed by atoms with Gasteiger partial charge in [-0.15, -0.1) is 0 Å². The lowest BCUT2D eigenvalue weighted by Gasteiger charge is -2.08. The highest BCUT2D eigenvalue weighted by Gasteiger charge is 2.08. The summed E-state index contributed by atoms with van der Waals surface area (Å²) in [5, 5.41) is 9.49. The summed E-state index contributed by atoms with van der Waals surface area (Å²) in [7, 11) is 0. The summed E-state index contributed by atoms with van der Waals surface area (Å²) in [4.78, 5) is 12.0. The number of carbonyl (C=O) groups excluding carboxylic acids is 1. The first-order chi connectivity index (χ1) is 17.9. The Bertz CT molecular complexity index is 1210. The molecule has 37 heavy (non-hydrogen) atoms. The minimum Gasteiger partial charge on any atom is -0.494 e. The van der Waals surface area contributed by atoms with Crippen LogP contribution in [0.5, 0.6) is 5.75 Å². The molecule has 0 saturated heterocycles. The molecule has 6 nitrogen and oxygen atoms in total. The first-order valence-electron chi connectivity index (χ1n) is 12.4. The van der Waals surface area contributed by atoms with Gasteiger partial charge in [0.25, 0.3) is 0 Å². The van der Waals surface area contributed by atoms with Crippen LogP contribution in [0.25, 0.3) is 11.6 Å². The number of ether oxygens (including phenoxy) is 2. The molecule has 3 aromatic carbocycles. The number of unbranched alkanes of at least 4 members (excludes halogenated alkanes) is 5. The second kappa shape index (κ2) is 14.3. The molecule has 0 radical (unpaired) electrons. The summed E-state index contributed by atoms with van der Waals surface area (Å²) in [6, 6.07) is 20.3. The molecule has 3 rings (SSSR count). The molecule has 0 saturated carbocycles. The standard InChI is InChI=1S/C30H32FN3O3/c31-26-11-7-22(8-12-26)17-25(21-32)23-9-13-29(14-10-23)36-15-5-3-1-2-4-6-16-37-30(35)24-18-27(33)20-28(34)19-24/h7-14,17-20H,1-6,15-16,33-34H2. The highest BCUT2D eigenvalue weighted by molar-refractivity contribution is 5.91. The smallest absolute Gasteiger partial charge is 0.338 e. The van der Waals surface area contributed by atoms with E-state index in [1.807, 2.05) is 24.3 Å². The Morgan fingerprint density at radius 2 is 1.41 bits per heavy atom. The SMILES string of the molecule is N#CC(=Cc1ccc(F)cc1)c1ccc(OCCCCCCCCOC(=O)c2cc(N)cc(N)c2)cc1. The molecule has 0 fully saturated rings. The number of nitrogens with two attached hydrogens (primary N) is 2. The Labute approximate surface area is 217 Å². The minimum absolute atomic E-state index is 0.308. The summed E-state index contributed by atoms with van der Waals surface area (Å²) in [6.07, 6.45) is 7.68. The van der Waals surface area contributed by atoms with Crippen molar-refractivity contribution in [2.45, 2.75) is 38.5 Å². The predicted molar refractivity (Wildman–Crippen MR) is 145 cm³/mol. The van der Waals surface area contributed by atoms with Crippen molar-refractivity contribution in [2.75, 3.05) is 24.7 Å². The van der Waals surface area contributed by atoms with Crippen LogP contribution in [0.1, 0.15) is 60.0 Å². The van der Waals surface area contributed by atoms with Crippen LogP contribution in [0.3, 0.4) is 0 Å². The molecule has 7 heteroatoms. The van der Waals surface area contributed by atoms with Crippen LogP contribution in [-0.2, 0) is 4.74 Å².